The van der Waals surface area contributed by atoms with Crippen molar-refractivity contribution in [2.45, 2.75) is 44.6 Å². The molecule has 0 aromatic heterocycles. The molecule has 0 spiro atoms. The van der Waals surface area contributed by atoms with Gasteiger partial charge in [0.05, 0.1) is 11.3 Å². The molecule has 1 unspecified atom stereocenters. The van der Waals surface area contributed by atoms with E-state index in [0.29, 0.717) is 0 Å². The van der Waals surface area contributed by atoms with Crippen LogP contribution in [0.1, 0.15) is 32.8 Å². The zero-order chi connectivity index (χ0) is 15.3. The molecule has 1 rings (SSSR count). The Bertz CT molecular complexity index is 549. The van der Waals surface area contributed by atoms with Crippen LogP contribution in [-0.4, -0.2) is 25.5 Å². The Balaban J connectivity index is 2.93. The van der Waals surface area contributed by atoms with Crippen molar-refractivity contribution in [3.63, 3.8) is 0 Å². The van der Waals surface area contributed by atoms with Crippen LogP contribution in [0.2, 0.25) is 0 Å². The van der Waals surface area contributed by atoms with Gasteiger partial charge in [-0.25, -0.2) is 13.1 Å². The number of sulfonamides is 1. The van der Waals surface area contributed by atoms with E-state index in [1.165, 1.54) is 0 Å². The van der Waals surface area contributed by atoms with E-state index in [1.54, 1.807) is 38.1 Å². The lowest BCUT2D eigenvalue weighted by Crippen LogP contribution is -2.40. The van der Waals surface area contributed by atoms with Crippen LogP contribution in [0, 0.1) is 5.92 Å². The highest BCUT2D eigenvalue weighted by Gasteiger charge is 2.24. The molecule has 2 N–H and O–H groups in total. The van der Waals surface area contributed by atoms with Gasteiger partial charge in [-0.15, -0.1) is 0 Å². The van der Waals surface area contributed by atoms with Gasteiger partial charge in [0.2, 0.25) is 10.0 Å². The molecule has 5 nitrogen and oxygen atoms in total. The van der Waals surface area contributed by atoms with Gasteiger partial charge < -0.3 is 5.11 Å². The quantitative estimate of drug-likeness (QED) is 0.807. The predicted octanol–water partition coefficient (Wildman–Crippen LogP) is 2.03. The number of carboxylic acids is 1. The van der Waals surface area contributed by atoms with Gasteiger partial charge in [0, 0.05) is 6.04 Å². The molecule has 6 heteroatoms. The van der Waals surface area contributed by atoms with E-state index in [9.17, 15) is 13.2 Å². The predicted molar refractivity (Wildman–Crippen MR) is 77.0 cm³/mol. The van der Waals surface area contributed by atoms with Crippen molar-refractivity contribution in [1.29, 1.82) is 0 Å². The molecule has 0 saturated carbocycles. The first-order valence-electron chi connectivity index (χ1n) is 6.59. The molecule has 1 aromatic rings. The molecule has 0 heterocycles. The SMILES string of the molecule is CCc1ccc(S(=O)(=O)NC(CC(=O)O)C(C)C)cc1. The third-order valence-corrected chi connectivity index (χ3v) is 4.65. The van der Waals surface area contributed by atoms with Crippen molar-refractivity contribution < 1.29 is 18.3 Å². The molecule has 0 aliphatic rings. The Morgan fingerprint density at radius 3 is 2.20 bits per heavy atom. The number of nitrogens with one attached hydrogen (secondary N) is 1. The second-order valence-corrected chi connectivity index (χ2v) is 6.78. The van der Waals surface area contributed by atoms with E-state index < -0.39 is 22.0 Å². The molecule has 0 aliphatic carbocycles. The van der Waals surface area contributed by atoms with Gasteiger partial charge in [-0.1, -0.05) is 32.9 Å². The molecule has 1 atom stereocenters. The summed E-state index contributed by atoms with van der Waals surface area (Å²) in [5, 5.41) is 8.83. The van der Waals surface area contributed by atoms with Crippen molar-refractivity contribution in [2.75, 3.05) is 0 Å². The number of rotatable bonds is 7. The summed E-state index contributed by atoms with van der Waals surface area (Å²) in [5.41, 5.74) is 1.05. The van der Waals surface area contributed by atoms with Gasteiger partial charge in [-0.2, -0.15) is 0 Å². The standard InChI is InChI=1S/C14H21NO4S/c1-4-11-5-7-12(8-6-11)20(18,19)15-13(10(2)3)9-14(16)17/h5-8,10,13,15H,4,9H2,1-3H3,(H,16,17). The summed E-state index contributed by atoms with van der Waals surface area (Å²) in [6.45, 7) is 5.57. The molecule has 1 aromatic carbocycles. The monoisotopic (exact) mass is 299 g/mol. The Labute approximate surface area is 120 Å². The first-order chi connectivity index (χ1) is 9.26. The number of aliphatic carboxylic acids is 1. The summed E-state index contributed by atoms with van der Waals surface area (Å²) in [6, 6.07) is 5.98. The number of hydrogen-bond acceptors (Lipinski definition) is 3. The molecule has 112 valence electrons. The first kappa shape index (κ1) is 16.7. The highest BCUT2D eigenvalue weighted by atomic mass is 32.2. The van der Waals surface area contributed by atoms with E-state index in [1.807, 2.05) is 6.92 Å². The second-order valence-electron chi connectivity index (χ2n) is 5.07. The molecule has 0 fully saturated rings. The van der Waals surface area contributed by atoms with Crippen LogP contribution in [-0.2, 0) is 21.2 Å². The smallest absolute Gasteiger partial charge is 0.304 e. The number of carbonyl (C=O) groups is 1. The average molecular weight is 299 g/mol. The van der Waals surface area contributed by atoms with Crippen molar-refractivity contribution in [1.82, 2.24) is 4.72 Å². The maximum Gasteiger partial charge on any atom is 0.304 e. The Morgan fingerprint density at radius 1 is 1.25 bits per heavy atom. The lowest BCUT2D eigenvalue weighted by molar-refractivity contribution is -0.137. The van der Waals surface area contributed by atoms with E-state index in [4.69, 9.17) is 5.11 Å². The lowest BCUT2D eigenvalue weighted by atomic mass is 10.0. The molecule has 20 heavy (non-hydrogen) atoms. The summed E-state index contributed by atoms with van der Waals surface area (Å²) in [7, 11) is -3.69. The zero-order valence-corrected chi connectivity index (χ0v) is 12.8. The van der Waals surface area contributed by atoms with Crippen LogP contribution < -0.4 is 4.72 Å². The average Bonchev–Trinajstić information content (AvgIpc) is 2.37. The van der Waals surface area contributed by atoms with E-state index in [0.717, 1.165) is 12.0 Å². The van der Waals surface area contributed by atoms with Crippen LogP contribution in [0.5, 0.6) is 0 Å². The van der Waals surface area contributed by atoms with Gasteiger partial charge in [-0.05, 0) is 30.0 Å². The maximum atomic E-state index is 12.2. The van der Waals surface area contributed by atoms with Crippen molar-refractivity contribution in [3.8, 4) is 0 Å². The fraction of sp³-hybridized carbons (Fsp3) is 0.500. The zero-order valence-electron chi connectivity index (χ0n) is 12.0. The molecular weight excluding hydrogens is 278 g/mol. The first-order valence-corrected chi connectivity index (χ1v) is 8.07. The van der Waals surface area contributed by atoms with Crippen LogP contribution in [0.25, 0.3) is 0 Å². The van der Waals surface area contributed by atoms with E-state index in [2.05, 4.69) is 4.72 Å². The normalized spacial score (nSPS) is 13.4. The maximum absolute atomic E-state index is 12.2. The second kappa shape index (κ2) is 6.85. The van der Waals surface area contributed by atoms with Crippen LogP contribution in [0.3, 0.4) is 0 Å². The van der Waals surface area contributed by atoms with E-state index in [-0.39, 0.29) is 17.2 Å². The van der Waals surface area contributed by atoms with Gasteiger partial charge in [0.15, 0.2) is 0 Å². The minimum Gasteiger partial charge on any atom is -0.481 e. The largest absolute Gasteiger partial charge is 0.481 e. The summed E-state index contributed by atoms with van der Waals surface area (Å²) < 4.78 is 26.9. The van der Waals surface area contributed by atoms with Crippen LogP contribution >= 0.6 is 0 Å². The number of carboxylic acid groups (broad SMARTS) is 1. The molecule has 0 amide bonds. The van der Waals surface area contributed by atoms with Gasteiger partial charge in [-0.3, -0.25) is 4.79 Å². The third-order valence-electron chi connectivity index (χ3n) is 3.15. The summed E-state index contributed by atoms with van der Waals surface area (Å²) in [5.74, 6) is -1.12. The minimum atomic E-state index is -3.69. The van der Waals surface area contributed by atoms with Gasteiger partial charge in [0.1, 0.15) is 0 Å². The number of aryl methyl sites for hydroxylation is 1. The van der Waals surface area contributed by atoms with Crippen LogP contribution in [0.4, 0.5) is 0 Å². The van der Waals surface area contributed by atoms with Crippen molar-refractivity contribution in [2.24, 2.45) is 5.92 Å². The molecule has 0 bridgehead atoms. The highest BCUT2D eigenvalue weighted by Crippen LogP contribution is 2.15. The Hall–Kier alpha value is -1.40. The van der Waals surface area contributed by atoms with Gasteiger partial charge in [0.25, 0.3) is 0 Å². The Kier molecular flexibility index (Phi) is 5.71. The number of benzene rings is 1. The number of hydrogen-bond donors (Lipinski definition) is 2. The third kappa shape index (κ3) is 4.61. The molecular formula is C14H21NO4S. The van der Waals surface area contributed by atoms with Gasteiger partial charge >= 0.3 is 5.97 Å². The molecule has 0 radical (unpaired) electrons. The fourth-order valence-corrected chi connectivity index (χ4v) is 3.16. The molecule has 0 aliphatic heterocycles. The van der Waals surface area contributed by atoms with Crippen LogP contribution in [0.15, 0.2) is 29.2 Å². The summed E-state index contributed by atoms with van der Waals surface area (Å²) in [6.07, 6.45) is 0.603. The summed E-state index contributed by atoms with van der Waals surface area (Å²) in [4.78, 5) is 10.9. The van der Waals surface area contributed by atoms with Crippen molar-refractivity contribution >= 4 is 16.0 Å². The van der Waals surface area contributed by atoms with E-state index >= 15 is 0 Å². The topological polar surface area (TPSA) is 83.5 Å². The van der Waals surface area contributed by atoms with Crippen molar-refractivity contribution in [3.05, 3.63) is 29.8 Å². The highest BCUT2D eigenvalue weighted by molar-refractivity contribution is 7.89. The molecule has 0 saturated heterocycles. The Morgan fingerprint density at radius 2 is 1.80 bits per heavy atom. The lowest BCUT2D eigenvalue weighted by Gasteiger charge is -2.20. The summed E-state index contributed by atoms with van der Waals surface area (Å²) >= 11 is 0. The fourth-order valence-electron chi connectivity index (χ4n) is 1.77. The minimum absolute atomic E-state index is 0.101.